The molecule has 0 aliphatic carbocycles. The van der Waals surface area contributed by atoms with E-state index in [9.17, 15) is 4.79 Å². The van der Waals surface area contributed by atoms with Crippen LogP contribution >= 0.6 is 27.3 Å². The summed E-state index contributed by atoms with van der Waals surface area (Å²) in [5.41, 5.74) is 1.02. The fraction of sp³-hybridized carbons (Fsp3) is 0.231. The first-order valence-corrected chi connectivity index (χ1v) is 7.31. The van der Waals surface area contributed by atoms with Crippen LogP contribution < -0.4 is 0 Å². The Morgan fingerprint density at radius 2 is 2.37 bits per heavy atom. The molecule has 19 heavy (non-hydrogen) atoms. The van der Waals surface area contributed by atoms with Gasteiger partial charge in [0.15, 0.2) is 0 Å². The Hall–Kier alpha value is -1.40. The molecule has 0 saturated carbocycles. The number of rotatable bonds is 4. The molecule has 0 atom stereocenters. The maximum absolute atomic E-state index is 11.9. The zero-order valence-electron chi connectivity index (χ0n) is 10.7. The second kappa shape index (κ2) is 6.16. The van der Waals surface area contributed by atoms with Crippen LogP contribution in [0.15, 0.2) is 34.4 Å². The molecule has 0 aliphatic rings. The summed E-state index contributed by atoms with van der Waals surface area (Å²) in [5.74, 6) is -0.0200. The molecule has 0 aliphatic heterocycles. The van der Waals surface area contributed by atoms with Gasteiger partial charge in [0.1, 0.15) is 0 Å². The Morgan fingerprint density at radius 3 is 2.95 bits per heavy atom. The minimum atomic E-state index is -0.0200. The minimum Gasteiger partial charge on any atom is -0.338 e. The SMILES string of the molecule is CN(Cc1cnn(C)c1)C(=O)/C=C/c1ccc(Br)s1. The standard InChI is InChI=1S/C13H14BrN3OS/c1-16(8-10-7-15-17(2)9-10)13(18)6-4-11-3-5-12(14)19-11/h3-7,9H,8H2,1-2H3/b6-4+. The summed E-state index contributed by atoms with van der Waals surface area (Å²) in [5, 5.41) is 4.08. The van der Waals surface area contributed by atoms with Crippen molar-refractivity contribution in [1.82, 2.24) is 14.7 Å². The molecular formula is C13H14BrN3OS. The molecule has 2 heterocycles. The number of nitrogens with zero attached hydrogens (tertiary/aromatic N) is 3. The lowest BCUT2D eigenvalue weighted by Gasteiger charge is -2.13. The molecule has 100 valence electrons. The highest BCUT2D eigenvalue weighted by Gasteiger charge is 2.07. The number of hydrogen-bond acceptors (Lipinski definition) is 3. The number of thiophene rings is 1. The number of aryl methyl sites for hydroxylation is 1. The highest BCUT2D eigenvalue weighted by atomic mass is 79.9. The van der Waals surface area contributed by atoms with Crippen molar-refractivity contribution in [1.29, 1.82) is 0 Å². The van der Waals surface area contributed by atoms with E-state index in [2.05, 4.69) is 21.0 Å². The van der Waals surface area contributed by atoms with Gasteiger partial charge < -0.3 is 4.90 Å². The molecule has 0 bridgehead atoms. The molecule has 2 rings (SSSR count). The lowest BCUT2D eigenvalue weighted by Crippen LogP contribution is -2.23. The topological polar surface area (TPSA) is 38.1 Å². The lowest BCUT2D eigenvalue weighted by molar-refractivity contribution is -0.125. The summed E-state index contributed by atoms with van der Waals surface area (Å²) in [7, 11) is 3.64. The molecule has 1 amide bonds. The Kier molecular flexibility index (Phi) is 4.55. The van der Waals surface area contributed by atoms with Gasteiger partial charge in [-0.15, -0.1) is 11.3 Å². The Bertz CT molecular complexity index is 603. The summed E-state index contributed by atoms with van der Waals surface area (Å²) in [6.07, 6.45) is 7.10. The van der Waals surface area contributed by atoms with E-state index in [-0.39, 0.29) is 5.91 Å². The summed E-state index contributed by atoms with van der Waals surface area (Å²) >= 11 is 4.99. The maximum Gasteiger partial charge on any atom is 0.246 e. The number of halogens is 1. The van der Waals surface area contributed by atoms with Gasteiger partial charge in [-0.3, -0.25) is 9.48 Å². The molecule has 0 fully saturated rings. The van der Waals surface area contributed by atoms with Gasteiger partial charge >= 0.3 is 0 Å². The third kappa shape index (κ3) is 4.04. The quantitative estimate of drug-likeness (QED) is 0.803. The van der Waals surface area contributed by atoms with E-state index in [1.807, 2.05) is 31.5 Å². The van der Waals surface area contributed by atoms with E-state index in [1.165, 1.54) is 0 Å². The second-order valence-corrected chi connectivity index (χ2v) is 6.69. The van der Waals surface area contributed by atoms with Crippen LogP contribution in [0.4, 0.5) is 0 Å². The average Bonchev–Trinajstić information content (AvgIpc) is 2.95. The number of carbonyl (C=O) groups excluding carboxylic acids is 1. The molecule has 0 aromatic carbocycles. The van der Waals surface area contributed by atoms with Gasteiger partial charge in [0.2, 0.25) is 5.91 Å². The van der Waals surface area contributed by atoms with Crippen LogP contribution in [0.25, 0.3) is 6.08 Å². The number of carbonyl (C=O) groups is 1. The van der Waals surface area contributed by atoms with Crippen LogP contribution in [0.2, 0.25) is 0 Å². The molecule has 2 aromatic heterocycles. The van der Waals surface area contributed by atoms with Gasteiger partial charge in [0.25, 0.3) is 0 Å². The smallest absolute Gasteiger partial charge is 0.246 e. The van der Waals surface area contributed by atoms with Crippen LogP contribution in [0.1, 0.15) is 10.4 Å². The third-order valence-corrected chi connectivity index (χ3v) is 4.13. The zero-order valence-corrected chi connectivity index (χ0v) is 13.1. The first-order chi connectivity index (χ1) is 9.04. The normalized spacial score (nSPS) is 11.1. The van der Waals surface area contributed by atoms with Gasteiger partial charge in [-0.25, -0.2) is 0 Å². The van der Waals surface area contributed by atoms with Crippen molar-refractivity contribution in [2.45, 2.75) is 6.54 Å². The highest BCUT2D eigenvalue weighted by Crippen LogP contribution is 2.23. The van der Waals surface area contributed by atoms with Gasteiger partial charge in [0, 0.05) is 43.4 Å². The average molecular weight is 340 g/mol. The summed E-state index contributed by atoms with van der Waals surface area (Å²) < 4.78 is 2.79. The predicted molar refractivity (Wildman–Crippen MR) is 80.7 cm³/mol. The van der Waals surface area contributed by atoms with E-state index >= 15 is 0 Å². The fourth-order valence-electron chi connectivity index (χ4n) is 1.60. The largest absolute Gasteiger partial charge is 0.338 e. The summed E-state index contributed by atoms with van der Waals surface area (Å²) in [4.78, 5) is 14.7. The van der Waals surface area contributed by atoms with Crippen molar-refractivity contribution in [3.05, 3.63) is 44.8 Å². The number of hydrogen-bond donors (Lipinski definition) is 0. The van der Waals surface area contributed by atoms with Crippen LogP contribution in [-0.4, -0.2) is 27.6 Å². The van der Waals surface area contributed by atoms with E-state index in [0.717, 1.165) is 14.2 Å². The number of likely N-dealkylation sites (N-methyl/N-ethyl adjacent to an activating group) is 1. The predicted octanol–water partition coefficient (Wildman–Crippen LogP) is 2.92. The fourth-order valence-corrected chi connectivity index (χ4v) is 2.93. The first-order valence-electron chi connectivity index (χ1n) is 5.70. The van der Waals surface area contributed by atoms with E-state index < -0.39 is 0 Å². The highest BCUT2D eigenvalue weighted by molar-refractivity contribution is 9.11. The first kappa shape index (κ1) is 14.0. The second-order valence-electron chi connectivity index (χ2n) is 4.19. The van der Waals surface area contributed by atoms with Crippen LogP contribution in [0.3, 0.4) is 0 Å². The van der Waals surface area contributed by atoms with E-state index in [0.29, 0.717) is 6.54 Å². The van der Waals surface area contributed by atoms with Crippen molar-refractivity contribution in [2.24, 2.45) is 7.05 Å². The Labute approximate surface area is 124 Å². The van der Waals surface area contributed by atoms with Gasteiger partial charge in [-0.2, -0.15) is 5.10 Å². The molecule has 0 N–H and O–H groups in total. The maximum atomic E-state index is 11.9. The van der Waals surface area contributed by atoms with Crippen LogP contribution in [-0.2, 0) is 18.4 Å². The molecule has 4 nitrogen and oxygen atoms in total. The Morgan fingerprint density at radius 1 is 1.58 bits per heavy atom. The van der Waals surface area contributed by atoms with Crippen LogP contribution in [0.5, 0.6) is 0 Å². The van der Waals surface area contributed by atoms with Crippen LogP contribution in [0, 0.1) is 0 Å². The van der Waals surface area contributed by atoms with Crippen molar-refractivity contribution < 1.29 is 4.79 Å². The van der Waals surface area contributed by atoms with E-state index in [4.69, 9.17) is 0 Å². The number of aromatic nitrogens is 2. The van der Waals surface area contributed by atoms with Gasteiger partial charge in [-0.05, 0) is 34.1 Å². The van der Waals surface area contributed by atoms with Crippen molar-refractivity contribution in [3.63, 3.8) is 0 Å². The molecule has 6 heteroatoms. The molecule has 0 spiro atoms. The third-order valence-electron chi connectivity index (χ3n) is 2.54. The summed E-state index contributed by atoms with van der Waals surface area (Å²) in [6.45, 7) is 0.561. The summed E-state index contributed by atoms with van der Waals surface area (Å²) in [6, 6.07) is 3.94. The minimum absolute atomic E-state index is 0.0200. The van der Waals surface area contributed by atoms with Crippen molar-refractivity contribution in [2.75, 3.05) is 7.05 Å². The number of amides is 1. The van der Waals surface area contributed by atoms with Gasteiger partial charge in [-0.1, -0.05) is 0 Å². The van der Waals surface area contributed by atoms with E-state index in [1.54, 1.807) is 40.2 Å². The zero-order chi connectivity index (χ0) is 13.8. The molecule has 0 saturated heterocycles. The van der Waals surface area contributed by atoms with Crippen molar-refractivity contribution >= 4 is 39.2 Å². The van der Waals surface area contributed by atoms with Crippen molar-refractivity contribution in [3.8, 4) is 0 Å². The lowest BCUT2D eigenvalue weighted by atomic mass is 10.3. The molecule has 2 aromatic rings. The molecule has 0 radical (unpaired) electrons. The molecule has 0 unspecified atom stereocenters. The van der Waals surface area contributed by atoms with Gasteiger partial charge in [0.05, 0.1) is 9.98 Å². The molecular weight excluding hydrogens is 326 g/mol. The monoisotopic (exact) mass is 339 g/mol. The Balaban J connectivity index is 1.94.